The van der Waals surface area contributed by atoms with Gasteiger partial charge in [0.25, 0.3) is 5.91 Å². The average Bonchev–Trinajstić information content (AvgIpc) is 2.52. The van der Waals surface area contributed by atoms with Gasteiger partial charge in [0.15, 0.2) is 0 Å². The van der Waals surface area contributed by atoms with Gasteiger partial charge in [-0.25, -0.2) is 0 Å². The Hall–Kier alpha value is -1.84. The van der Waals surface area contributed by atoms with Gasteiger partial charge < -0.3 is 10.1 Å². The van der Waals surface area contributed by atoms with E-state index in [9.17, 15) is 4.79 Å². The van der Waals surface area contributed by atoms with E-state index < -0.39 is 5.60 Å². The first-order chi connectivity index (χ1) is 10.5. The lowest BCUT2D eigenvalue weighted by Crippen LogP contribution is -2.40. The summed E-state index contributed by atoms with van der Waals surface area (Å²) in [4.78, 5) is 12.3. The predicted molar refractivity (Wildman–Crippen MR) is 89.3 cm³/mol. The Kier molecular flexibility index (Phi) is 5.22. The second kappa shape index (κ2) is 6.95. The van der Waals surface area contributed by atoms with Crippen molar-refractivity contribution < 1.29 is 9.53 Å². The van der Waals surface area contributed by atoms with Crippen LogP contribution in [0.2, 0.25) is 5.02 Å². The molecule has 4 heteroatoms. The van der Waals surface area contributed by atoms with Crippen molar-refractivity contribution in [3.05, 3.63) is 70.2 Å². The van der Waals surface area contributed by atoms with Gasteiger partial charge in [0.1, 0.15) is 5.60 Å². The number of methoxy groups -OCH3 is 1. The molecule has 0 heterocycles. The first kappa shape index (κ1) is 16.5. The van der Waals surface area contributed by atoms with E-state index in [2.05, 4.69) is 5.32 Å². The van der Waals surface area contributed by atoms with E-state index in [1.807, 2.05) is 62.4 Å². The standard InChI is InChI=1S/C18H20ClNO2/c1-13-7-4-5-10-16(13)17(21)20-12-18(2,22-3)14-8-6-9-15(19)11-14/h4-11H,12H2,1-3H3,(H,20,21)/t18-/m0/s1. The van der Waals surface area contributed by atoms with Crippen LogP contribution in [0, 0.1) is 6.92 Å². The maximum Gasteiger partial charge on any atom is 0.251 e. The molecule has 1 amide bonds. The Morgan fingerprint density at radius 3 is 2.59 bits per heavy atom. The van der Waals surface area contributed by atoms with E-state index in [1.54, 1.807) is 7.11 Å². The number of benzene rings is 2. The zero-order valence-corrected chi connectivity index (χ0v) is 13.8. The lowest BCUT2D eigenvalue weighted by Gasteiger charge is -2.29. The minimum Gasteiger partial charge on any atom is -0.372 e. The molecule has 0 fully saturated rings. The van der Waals surface area contributed by atoms with Gasteiger partial charge in [-0.1, -0.05) is 41.9 Å². The molecular formula is C18H20ClNO2. The molecule has 0 aromatic heterocycles. The molecule has 3 nitrogen and oxygen atoms in total. The summed E-state index contributed by atoms with van der Waals surface area (Å²) in [6.45, 7) is 4.20. The van der Waals surface area contributed by atoms with Gasteiger partial charge in [-0.05, 0) is 43.2 Å². The molecule has 0 aliphatic carbocycles. The number of aryl methyl sites for hydroxylation is 1. The Bertz CT molecular complexity index is 672. The van der Waals surface area contributed by atoms with E-state index in [1.165, 1.54) is 0 Å². The first-order valence-electron chi connectivity index (χ1n) is 7.11. The average molecular weight is 318 g/mol. The normalized spacial score (nSPS) is 13.5. The number of amides is 1. The molecule has 22 heavy (non-hydrogen) atoms. The number of hydrogen-bond acceptors (Lipinski definition) is 2. The highest BCUT2D eigenvalue weighted by Gasteiger charge is 2.27. The number of halogens is 1. The van der Waals surface area contributed by atoms with Crippen molar-refractivity contribution in [2.24, 2.45) is 0 Å². The van der Waals surface area contributed by atoms with Crippen molar-refractivity contribution in [2.45, 2.75) is 19.4 Å². The fourth-order valence-corrected chi connectivity index (χ4v) is 2.47. The van der Waals surface area contributed by atoms with Crippen LogP contribution in [-0.2, 0) is 10.3 Å². The Labute approximate surface area is 136 Å². The Balaban J connectivity index is 2.14. The molecule has 0 spiro atoms. The quantitative estimate of drug-likeness (QED) is 0.907. The van der Waals surface area contributed by atoms with Crippen LogP contribution in [0.4, 0.5) is 0 Å². The molecule has 2 rings (SSSR count). The molecule has 2 aromatic rings. The highest BCUT2D eigenvalue weighted by atomic mass is 35.5. The number of carbonyl (C=O) groups excluding carboxylic acids is 1. The van der Waals surface area contributed by atoms with Gasteiger partial charge in [-0.3, -0.25) is 4.79 Å². The van der Waals surface area contributed by atoms with Crippen molar-refractivity contribution >= 4 is 17.5 Å². The van der Waals surface area contributed by atoms with E-state index in [4.69, 9.17) is 16.3 Å². The minimum absolute atomic E-state index is 0.108. The third-order valence-electron chi connectivity index (χ3n) is 3.86. The van der Waals surface area contributed by atoms with Crippen LogP contribution in [0.5, 0.6) is 0 Å². The van der Waals surface area contributed by atoms with Gasteiger partial charge in [-0.2, -0.15) is 0 Å². The van der Waals surface area contributed by atoms with Crippen molar-refractivity contribution in [3.8, 4) is 0 Å². The summed E-state index contributed by atoms with van der Waals surface area (Å²) in [6, 6.07) is 15.0. The smallest absolute Gasteiger partial charge is 0.251 e. The summed E-state index contributed by atoms with van der Waals surface area (Å²) < 4.78 is 5.62. The molecule has 0 saturated carbocycles. The maximum absolute atomic E-state index is 12.3. The summed E-state index contributed by atoms with van der Waals surface area (Å²) in [7, 11) is 1.63. The lowest BCUT2D eigenvalue weighted by molar-refractivity contribution is 0.00315. The van der Waals surface area contributed by atoms with Crippen molar-refractivity contribution in [2.75, 3.05) is 13.7 Å². The fourth-order valence-electron chi connectivity index (χ4n) is 2.28. The van der Waals surface area contributed by atoms with E-state index in [0.29, 0.717) is 17.1 Å². The second-order valence-corrected chi connectivity index (χ2v) is 5.88. The number of rotatable bonds is 5. The number of ether oxygens (including phenoxy) is 1. The Morgan fingerprint density at radius 2 is 1.95 bits per heavy atom. The summed E-state index contributed by atoms with van der Waals surface area (Å²) in [6.07, 6.45) is 0. The van der Waals surface area contributed by atoms with Crippen LogP contribution >= 0.6 is 11.6 Å². The zero-order valence-electron chi connectivity index (χ0n) is 13.0. The molecule has 1 atom stereocenters. The third kappa shape index (κ3) is 3.67. The zero-order chi connectivity index (χ0) is 16.2. The highest BCUT2D eigenvalue weighted by molar-refractivity contribution is 6.30. The van der Waals surface area contributed by atoms with Crippen LogP contribution in [0.25, 0.3) is 0 Å². The molecular weight excluding hydrogens is 298 g/mol. The van der Waals surface area contributed by atoms with E-state index in [0.717, 1.165) is 11.1 Å². The topological polar surface area (TPSA) is 38.3 Å². The highest BCUT2D eigenvalue weighted by Crippen LogP contribution is 2.26. The van der Waals surface area contributed by atoms with Crippen molar-refractivity contribution in [1.82, 2.24) is 5.32 Å². The van der Waals surface area contributed by atoms with Crippen LogP contribution in [0.15, 0.2) is 48.5 Å². The van der Waals surface area contributed by atoms with Gasteiger partial charge in [0.2, 0.25) is 0 Å². The van der Waals surface area contributed by atoms with Crippen LogP contribution in [0.1, 0.15) is 28.4 Å². The monoisotopic (exact) mass is 317 g/mol. The molecule has 0 radical (unpaired) electrons. The third-order valence-corrected chi connectivity index (χ3v) is 4.10. The van der Waals surface area contributed by atoms with Gasteiger partial charge in [-0.15, -0.1) is 0 Å². The molecule has 0 bridgehead atoms. The SMILES string of the molecule is CO[C@@](C)(CNC(=O)c1ccccc1C)c1cccc(Cl)c1. The molecule has 116 valence electrons. The van der Waals surface area contributed by atoms with Gasteiger partial charge in [0.05, 0.1) is 6.54 Å². The number of nitrogens with one attached hydrogen (secondary N) is 1. The number of carbonyl (C=O) groups is 1. The number of hydrogen-bond donors (Lipinski definition) is 1. The van der Waals surface area contributed by atoms with Crippen LogP contribution in [-0.4, -0.2) is 19.6 Å². The molecule has 0 aliphatic heterocycles. The molecule has 2 aromatic carbocycles. The minimum atomic E-state index is -0.636. The summed E-state index contributed by atoms with van der Waals surface area (Å²) >= 11 is 6.04. The Morgan fingerprint density at radius 1 is 1.23 bits per heavy atom. The van der Waals surface area contributed by atoms with Gasteiger partial charge in [0, 0.05) is 17.7 Å². The van der Waals surface area contributed by atoms with Crippen LogP contribution < -0.4 is 5.32 Å². The molecule has 0 unspecified atom stereocenters. The summed E-state index contributed by atoms with van der Waals surface area (Å²) in [5, 5.41) is 3.59. The van der Waals surface area contributed by atoms with E-state index in [-0.39, 0.29) is 5.91 Å². The molecule has 0 aliphatic rings. The summed E-state index contributed by atoms with van der Waals surface area (Å²) in [5.74, 6) is -0.108. The maximum atomic E-state index is 12.3. The molecule has 0 saturated heterocycles. The lowest BCUT2D eigenvalue weighted by atomic mass is 9.95. The fraction of sp³-hybridized carbons (Fsp3) is 0.278. The van der Waals surface area contributed by atoms with Crippen molar-refractivity contribution in [1.29, 1.82) is 0 Å². The molecule has 1 N–H and O–H groups in total. The largest absolute Gasteiger partial charge is 0.372 e. The van der Waals surface area contributed by atoms with Crippen molar-refractivity contribution in [3.63, 3.8) is 0 Å². The van der Waals surface area contributed by atoms with Gasteiger partial charge >= 0.3 is 0 Å². The predicted octanol–water partition coefficient (Wildman–Crippen LogP) is 3.94. The second-order valence-electron chi connectivity index (χ2n) is 5.44. The first-order valence-corrected chi connectivity index (χ1v) is 7.49. The van der Waals surface area contributed by atoms with E-state index >= 15 is 0 Å². The summed E-state index contributed by atoms with van der Waals surface area (Å²) in [5.41, 5.74) is 1.91. The van der Waals surface area contributed by atoms with Crippen LogP contribution in [0.3, 0.4) is 0 Å².